The third kappa shape index (κ3) is 1.61. The van der Waals surface area contributed by atoms with Gasteiger partial charge in [0.05, 0.1) is 0 Å². The van der Waals surface area contributed by atoms with Gasteiger partial charge in [0.15, 0.2) is 0 Å². The molecule has 0 unspecified atom stereocenters. The van der Waals surface area contributed by atoms with Crippen LogP contribution in [0.5, 0.6) is 0 Å². The van der Waals surface area contributed by atoms with Gasteiger partial charge in [-0.25, -0.2) is 0 Å². The van der Waals surface area contributed by atoms with Crippen LogP contribution in [0.15, 0.2) is 24.3 Å². The molecule has 1 fully saturated rings. The maximum atomic E-state index is 11.5. The molecular weight excluding hydrogens is 184 g/mol. The van der Waals surface area contributed by atoms with Gasteiger partial charge in [-0.3, -0.25) is 4.79 Å². The van der Waals surface area contributed by atoms with Crippen LogP contribution in [0.4, 0.5) is 0 Å². The van der Waals surface area contributed by atoms with Gasteiger partial charge in [-0.15, -0.1) is 0 Å². The van der Waals surface area contributed by atoms with Gasteiger partial charge in [-0.05, 0) is 24.5 Å². The molecular formula is C11H11ClO. The molecule has 1 aromatic rings. The zero-order valence-corrected chi connectivity index (χ0v) is 8.05. The third-order valence-corrected chi connectivity index (χ3v) is 2.93. The van der Waals surface area contributed by atoms with E-state index >= 15 is 0 Å². The van der Waals surface area contributed by atoms with Crippen LogP contribution in [0.25, 0.3) is 0 Å². The maximum Gasteiger partial charge on any atom is 0.140 e. The van der Waals surface area contributed by atoms with E-state index in [4.69, 9.17) is 11.6 Å². The number of ketones is 1. The van der Waals surface area contributed by atoms with Gasteiger partial charge in [0.2, 0.25) is 0 Å². The Labute approximate surface area is 82.7 Å². The van der Waals surface area contributed by atoms with E-state index in [1.54, 1.807) is 0 Å². The van der Waals surface area contributed by atoms with Crippen LogP contribution in [0.2, 0.25) is 5.02 Å². The number of Topliss-reactive ketones (excluding diaryl/α,β-unsaturated/α-hetero) is 1. The molecule has 0 aliphatic heterocycles. The zero-order valence-electron chi connectivity index (χ0n) is 7.29. The molecule has 13 heavy (non-hydrogen) atoms. The lowest BCUT2D eigenvalue weighted by Gasteiger charge is -2.09. The number of hydrogen-bond acceptors (Lipinski definition) is 1. The van der Waals surface area contributed by atoms with Crippen molar-refractivity contribution < 1.29 is 4.79 Å². The third-order valence-electron chi connectivity index (χ3n) is 2.59. The van der Waals surface area contributed by atoms with E-state index in [-0.39, 0.29) is 5.92 Å². The summed E-state index contributed by atoms with van der Waals surface area (Å²) in [5.74, 6) is 0.404. The summed E-state index contributed by atoms with van der Waals surface area (Å²) in [7, 11) is 0. The van der Waals surface area contributed by atoms with Gasteiger partial charge in [0.1, 0.15) is 5.78 Å². The second-order valence-electron chi connectivity index (χ2n) is 3.43. The summed E-state index contributed by atoms with van der Waals surface area (Å²) in [4.78, 5) is 11.5. The van der Waals surface area contributed by atoms with Crippen LogP contribution in [-0.2, 0) is 4.79 Å². The predicted molar refractivity (Wildman–Crippen MR) is 53.1 cm³/mol. The minimum absolute atomic E-state index is 0.0636. The smallest absolute Gasteiger partial charge is 0.140 e. The Hall–Kier alpha value is -0.820. The van der Waals surface area contributed by atoms with E-state index < -0.39 is 0 Å². The molecule has 0 aromatic heterocycles. The van der Waals surface area contributed by atoms with E-state index in [9.17, 15) is 4.79 Å². The summed E-state index contributed by atoms with van der Waals surface area (Å²) >= 11 is 6.02. The summed E-state index contributed by atoms with van der Waals surface area (Å²) in [6.45, 7) is 0. The molecule has 0 N–H and O–H groups in total. The van der Waals surface area contributed by atoms with Crippen LogP contribution in [0, 0.1) is 0 Å². The van der Waals surface area contributed by atoms with E-state index in [2.05, 4.69) is 0 Å². The molecule has 2 rings (SSSR count). The topological polar surface area (TPSA) is 17.1 Å². The fourth-order valence-corrected chi connectivity index (χ4v) is 2.17. The van der Waals surface area contributed by atoms with Crippen molar-refractivity contribution in [1.29, 1.82) is 0 Å². The first-order valence-corrected chi connectivity index (χ1v) is 4.94. The second kappa shape index (κ2) is 3.51. The molecule has 0 amide bonds. The van der Waals surface area contributed by atoms with Crippen LogP contribution >= 0.6 is 11.6 Å². The molecule has 0 radical (unpaired) electrons. The fraction of sp³-hybridized carbons (Fsp3) is 0.364. The Morgan fingerprint density at radius 2 is 2.08 bits per heavy atom. The highest BCUT2D eigenvalue weighted by atomic mass is 35.5. The number of hydrogen-bond donors (Lipinski definition) is 0. The molecule has 68 valence electrons. The highest BCUT2D eigenvalue weighted by Gasteiger charge is 2.27. The molecule has 1 aliphatic carbocycles. The predicted octanol–water partition coefficient (Wildman–Crippen LogP) is 3.18. The van der Waals surface area contributed by atoms with Crippen LogP contribution in [0.3, 0.4) is 0 Å². The molecule has 1 nitrogen and oxygen atoms in total. The van der Waals surface area contributed by atoms with Crippen LogP contribution in [-0.4, -0.2) is 5.78 Å². The number of rotatable bonds is 1. The summed E-state index contributed by atoms with van der Waals surface area (Å²) in [6, 6.07) is 7.64. The Bertz CT molecular complexity index is 333. The molecule has 1 atom stereocenters. The summed E-state index contributed by atoms with van der Waals surface area (Å²) < 4.78 is 0. The first-order valence-electron chi connectivity index (χ1n) is 4.56. The van der Waals surface area contributed by atoms with Crippen molar-refractivity contribution in [1.82, 2.24) is 0 Å². The van der Waals surface area contributed by atoms with Crippen LogP contribution in [0.1, 0.15) is 30.7 Å². The van der Waals surface area contributed by atoms with Crippen molar-refractivity contribution in [3.8, 4) is 0 Å². The lowest BCUT2D eigenvalue weighted by atomic mass is 9.97. The first-order chi connectivity index (χ1) is 6.29. The molecule has 0 heterocycles. The summed E-state index contributed by atoms with van der Waals surface area (Å²) in [5, 5.41) is 0.725. The quantitative estimate of drug-likeness (QED) is 0.671. The lowest BCUT2D eigenvalue weighted by Crippen LogP contribution is -2.04. The van der Waals surface area contributed by atoms with Crippen molar-refractivity contribution in [3.05, 3.63) is 34.9 Å². The SMILES string of the molecule is O=C1CCC[C@@H]1c1ccccc1Cl. The van der Waals surface area contributed by atoms with E-state index in [1.807, 2.05) is 24.3 Å². The average molecular weight is 195 g/mol. The largest absolute Gasteiger partial charge is 0.299 e. The van der Waals surface area contributed by atoms with Crippen molar-refractivity contribution in [2.45, 2.75) is 25.2 Å². The normalized spacial score (nSPS) is 22.2. The Balaban J connectivity index is 2.34. The maximum absolute atomic E-state index is 11.5. The molecule has 1 saturated carbocycles. The minimum Gasteiger partial charge on any atom is -0.299 e. The van der Waals surface area contributed by atoms with Crippen molar-refractivity contribution in [2.24, 2.45) is 0 Å². The molecule has 0 bridgehead atoms. The van der Waals surface area contributed by atoms with Crippen molar-refractivity contribution in [2.75, 3.05) is 0 Å². The number of halogens is 1. The zero-order chi connectivity index (χ0) is 9.26. The molecule has 2 heteroatoms. The first kappa shape index (κ1) is 8.76. The van der Waals surface area contributed by atoms with E-state index in [0.29, 0.717) is 5.78 Å². The summed E-state index contributed by atoms with van der Waals surface area (Å²) in [5.41, 5.74) is 1.01. The highest BCUT2D eigenvalue weighted by Crippen LogP contribution is 2.34. The van der Waals surface area contributed by atoms with Gasteiger partial charge < -0.3 is 0 Å². The van der Waals surface area contributed by atoms with Crippen LogP contribution < -0.4 is 0 Å². The minimum atomic E-state index is 0.0636. The van der Waals surface area contributed by atoms with Gasteiger partial charge in [-0.2, -0.15) is 0 Å². The Kier molecular flexibility index (Phi) is 2.36. The number of carbonyl (C=O) groups is 1. The second-order valence-corrected chi connectivity index (χ2v) is 3.84. The Morgan fingerprint density at radius 3 is 2.69 bits per heavy atom. The monoisotopic (exact) mass is 194 g/mol. The Morgan fingerprint density at radius 1 is 1.31 bits per heavy atom. The number of carbonyl (C=O) groups excluding carboxylic acids is 1. The standard InChI is InChI=1S/C11H11ClO/c12-10-6-2-1-4-8(10)9-5-3-7-11(9)13/h1-2,4,6,9H,3,5,7H2/t9-/m1/s1. The molecule has 1 aliphatic rings. The molecule has 1 aromatic carbocycles. The van der Waals surface area contributed by atoms with Gasteiger partial charge >= 0.3 is 0 Å². The van der Waals surface area contributed by atoms with Crippen molar-refractivity contribution >= 4 is 17.4 Å². The molecule has 0 saturated heterocycles. The van der Waals surface area contributed by atoms with Gasteiger partial charge in [0.25, 0.3) is 0 Å². The average Bonchev–Trinajstić information content (AvgIpc) is 2.52. The van der Waals surface area contributed by atoms with Gasteiger partial charge in [0, 0.05) is 17.4 Å². The number of benzene rings is 1. The molecule has 0 spiro atoms. The van der Waals surface area contributed by atoms with Gasteiger partial charge in [-0.1, -0.05) is 29.8 Å². The van der Waals surface area contributed by atoms with E-state index in [1.165, 1.54) is 0 Å². The van der Waals surface area contributed by atoms with E-state index in [0.717, 1.165) is 29.8 Å². The highest BCUT2D eigenvalue weighted by molar-refractivity contribution is 6.31. The van der Waals surface area contributed by atoms with Crippen molar-refractivity contribution in [3.63, 3.8) is 0 Å². The fourth-order valence-electron chi connectivity index (χ4n) is 1.90. The summed E-state index contributed by atoms with van der Waals surface area (Å²) in [6.07, 6.45) is 2.69. The lowest BCUT2D eigenvalue weighted by molar-refractivity contribution is -0.118.